The molecule has 2 heterocycles. The zero-order valence-electron chi connectivity index (χ0n) is 9.81. The summed E-state index contributed by atoms with van der Waals surface area (Å²) in [6, 6.07) is 8.10. The second-order valence-corrected chi connectivity index (χ2v) is 7.47. The molecular formula is C12H7NO4S3. The Kier molecular flexibility index (Phi) is 3.15. The first-order chi connectivity index (χ1) is 9.47. The molecule has 1 N–H and O–H groups in total. The Labute approximate surface area is 123 Å². The molecule has 1 aliphatic heterocycles. The highest BCUT2D eigenvalue weighted by molar-refractivity contribution is 8.15. The molecule has 0 fully saturated rings. The number of hydrogen-bond donors (Lipinski definition) is 1. The topological polar surface area (TPSA) is 83.8 Å². The average molecular weight is 325 g/mol. The number of nitrogens with zero attached hydrogens (tertiary/aromatic N) is 1. The van der Waals surface area contributed by atoms with E-state index in [2.05, 4.69) is 4.40 Å². The van der Waals surface area contributed by atoms with E-state index in [4.69, 9.17) is 5.11 Å². The zero-order valence-corrected chi connectivity index (χ0v) is 12.3. The van der Waals surface area contributed by atoms with E-state index in [1.165, 1.54) is 12.1 Å². The van der Waals surface area contributed by atoms with Crippen LogP contribution in [-0.2, 0) is 10.0 Å². The summed E-state index contributed by atoms with van der Waals surface area (Å²) in [6.07, 6.45) is 0. The van der Waals surface area contributed by atoms with Gasteiger partial charge in [-0.1, -0.05) is 30.0 Å². The summed E-state index contributed by atoms with van der Waals surface area (Å²) in [5.74, 6) is -0.997. The number of carbonyl (C=O) groups is 1. The van der Waals surface area contributed by atoms with E-state index < -0.39 is 16.0 Å². The molecule has 0 saturated heterocycles. The lowest BCUT2D eigenvalue weighted by Crippen LogP contribution is -1.93. The number of sulfonamides is 1. The summed E-state index contributed by atoms with van der Waals surface area (Å²) in [7, 11) is -3.63. The lowest BCUT2D eigenvalue weighted by Gasteiger charge is -1.99. The number of carboxylic acid groups (broad SMARTS) is 1. The minimum atomic E-state index is -3.63. The number of hydrogen-bond acceptors (Lipinski definition) is 5. The Balaban J connectivity index is 1.98. The molecule has 0 aliphatic carbocycles. The second kappa shape index (κ2) is 4.72. The van der Waals surface area contributed by atoms with Gasteiger partial charge in [0.05, 0.1) is 4.90 Å². The van der Waals surface area contributed by atoms with Crippen molar-refractivity contribution < 1.29 is 18.3 Å². The fraction of sp³-hybridized carbons (Fsp3) is 0. The average Bonchev–Trinajstić information content (AvgIpc) is 2.95. The van der Waals surface area contributed by atoms with Crippen LogP contribution in [0.25, 0.3) is 0 Å². The number of rotatable bonds is 2. The molecule has 2 aromatic rings. The van der Waals surface area contributed by atoms with Gasteiger partial charge in [-0.25, -0.2) is 4.79 Å². The van der Waals surface area contributed by atoms with Crippen LogP contribution in [0.1, 0.15) is 15.2 Å². The third kappa shape index (κ3) is 2.26. The molecule has 0 bridgehead atoms. The summed E-state index contributed by atoms with van der Waals surface area (Å²) < 4.78 is 27.5. The maximum atomic E-state index is 11.9. The third-order valence-corrected chi connectivity index (χ3v) is 6.09. The number of carboxylic acids is 1. The number of benzene rings is 1. The maximum Gasteiger partial charge on any atom is 0.345 e. The van der Waals surface area contributed by atoms with Crippen molar-refractivity contribution in [3.05, 3.63) is 46.2 Å². The summed E-state index contributed by atoms with van der Waals surface area (Å²) in [6.45, 7) is 0. The van der Waals surface area contributed by atoms with Gasteiger partial charge in [0.1, 0.15) is 9.92 Å². The molecule has 0 saturated carbocycles. The van der Waals surface area contributed by atoms with Crippen LogP contribution in [0.4, 0.5) is 0 Å². The van der Waals surface area contributed by atoms with Crippen LogP contribution in [0.2, 0.25) is 0 Å². The SMILES string of the molecule is O=C(O)c1cc(SC2=NS(=O)(=O)c3ccccc32)cs1. The van der Waals surface area contributed by atoms with Crippen LogP contribution in [0, 0.1) is 0 Å². The minimum absolute atomic E-state index is 0.191. The van der Waals surface area contributed by atoms with Crippen molar-refractivity contribution in [2.75, 3.05) is 0 Å². The number of aromatic carboxylic acids is 1. The predicted molar refractivity (Wildman–Crippen MR) is 77.3 cm³/mol. The van der Waals surface area contributed by atoms with Crippen molar-refractivity contribution in [3.63, 3.8) is 0 Å². The van der Waals surface area contributed by atoms with Crippen LogP contribution < -0.4 is 0 Å². The van der Waals surface area contributed by atoms with Gasteiger partial charge in [0.25, 0.3) is 10.0 Å². The molecular weight excluding hydrogens is 318 g/mol. The molecule has 0 unspecified atom stereocenters. The van der Waals surface area contributed by atoms with Crippen LogP contribution in [0.5, 0.6) is 0 Å². The van der Waals surface area contributed by atoms with Crippen molar-refractivity contribution in [3.8, 4) is 0 Å². The fourth-order valence-electron chi connectivity index (χ4n) is 1.75. The first-order valence-electron chi connectivity index (χ1n) is 5.41. The monoisotopic (exact) mass is 325 g/mol. The minimum Gasteiger partial charge on any atom is -0.477 e. The molecule has 5 nitrogen and oxygen atoms in total. The van der Waals surface area contributed by atoms with E-state index in [9.17, 15) is 13.2 Å². The molecule has 20 heavy (non-hydrogen) atoms. The fourth-order valence-corrected chi connectivity index (χ4v) is 5.07. The molecule has 1 aliphatic rings. The van der Waals surface area contributed by atoms with Crippen LogP contribution in [-0.4, -0.2) is 24.5 Å². The van der Waals surface area contributed by atoms with Crippen molar-refractivity contribution in [1.29, 1.82) is 0 Å². The Morgan fingerprint density at radius 3 is 2.75 bits per heavy atom. The van der Waals surface area contributed by atoms with Crippen molar-refractivity contribution >= 4 is 44.1 Å². The number of thiophene rings is 1. The Bertz CT molecular complexity index is 836. The first kappa shape index (κ1) is 13.3. The zero-order chi connectivity index (χ0) is 14.3. The molecule has 0 spiro atoms. The van der Waals surface area contributed by atoms with E-state index in [1.807, 2.05) is 0 Å². The smallest absolute Gasteiger partial charge is 0.345 e. The van der Waals surface area contributed by atoms with E-state index in [-0.39, 0.29) is 9.77 Å². The van der Waals surface area contributed by atoms with Gasteiger partial charge in [-0.15, -0.1) is 11.3 Å². The normalized spacial score (nSPS) is 15.7. The molecule has 0 amide bonds. The van der Waals surface area contributed by atoms with Crippen molar-refractivity contribution in [1.82, 2.24) is 0 Å². The number of fused-ring (bicyclic) bond motifs is 1. The van der Waals surface area contributed by atoms with E-state index in [1.54, 1.807) is 23.6 Å². The summed E-state index contributed by atoms with van der Waals surface area (Å²) in [5, 5.41) is 10.9. The summed E-state index contributed by atoms with van der Waals surface area (Å²) in [4.78, 5) is 11.9. The van der Waals surface area contributed by atoms with Crippen LogP contribution in [0.15, 0.2) is 49.9 Å². The third-order valence-electron chi connectivity index (χ3n) is 2.60. The van der Waals surface area contributed by atoms with Crippen molar-refractivity contribution in [2.45, 2.75) is 9.79 Å². The van der Waals surface area contributed by atoms with E-state index in [0.717, 1.165) is 23.1 Å². The second-order valence-electron chi connectivity index (χ2n) is 3.92. The molecule has 8 heteroatoms. The Hall–Kier alpha value is -1.64. The molecule has 1 aromatic carbocycles. The van der Waals surface area contributed by atoms with Gasteiger partial charge in [0.15, 0.2) is 0 Å². The standard InChI is InChI=1S/C12H7NO4S3/c14-12(15)9-5-7(6-18-9)19-11-8-3-1-2-4-10(8)20(16,17)13-11/h1-6H,(H,14,15). The van der Waals surface area contributed by atoms with Crippen molar-refractivity contribution in [2.24, 2.45) is 4.40 Å². The van der Waals surface area contributed by atoms with Gasteiger partial charge in [0.2, 0.25) is 0 Å². The van der Waals surface area contributed by atoms with Gasteiger partial charge in [-0.05, 0) is 12.1 Å². The number of thioether (sulfide) groups is 1. The van der Waals surface area contributed by atoms with Gasteiger partial charge in [0, 0.05) is 15.8 Å². The van der Waals surface area contributed by atoms with E-state index >= 15 is 0 Å². The highest BCUT2D eigenvalue weighted by Crippen LogP contribution is 2.35. The highest BCUT2D eigenvalue weighted by atomic mass is 32.2. The van der Waals surface area contributed by atoms with Gasteiger partial charge < -0.3 is 5.11 Å². The molecule has 1 aromatic heterocycles. The summed E-state index contributed by atoms with van der Waals surface area (Å²) in [5.41, 5.74) is 0.556. The van der Waals surface area contributed by atoms with Gasteiger partial charge >= 0.3 is 5.97 Å². The maximum absolute atomic E-state index is 11.9. The van der Waals surface area contributed by atoms with Gasteiger partial charge in [-0.3, -0.25) is 0 Å². The largest absolute Gasteiger partial charge is 0.477 e. The quantitative estimate of drug-likeness (QED) is 0.917. The molecule has 102 valence electrons. The molecule has 3 rings (SSSR count). The Morgan fingerprint density at radius 2 is 2.05 bits per heavy atom. The van der Waals surface area contributed by atoms with Crippen LogP contribution >= 0.6 is 23.1 Å². The van der Waals surface area contributed by atoms with Gasteiger partial charge in [-0.2, -0.15) is 12.8 Å². The Morgan fingerprint density at radius 1 is 1.30 bits per heavy atom. The predicted octanol–water partition coefficient (Wildman–Crippen LogP) is 2.69. The van der Waals surface area contributed by atoms with Crippen LogP contribution in [0.3, 0.4) is 0 Å². The molecule has 0 atom stereocenters. The highest BCUT2D eigenvalue weighted by Gasteiger charge is 2.29. The summed E-state index contributed by atoms with van der Waals surface area (Å²) >= 11 is 2.25. The lowest BCUT2D eigenvalue weighted by molar-refractivity contribution is 0.0702. The van der Waals surface area contributed by atoms with E-state index in [0.29, 0.717) is 15.5 Å². The molecule has 0 radical (unpaired) electrons. The lowest BCUT2D eigenvalue weighted by atomic mass is 10.2. The first-order valence-corrected chi connectivity index (χ1v) is 8.55.